The molecule has 2 rings (SSSR count). The van der Waals surface area contributed by atoms with E-state index < -0.39 is 6.61 Å². The van der Waals surface area contributed by atoms with Gasteiger partial charge in [-0.15, -0.1) is 0 Å². The van der Waals surface area contributed by atoms with E-state index in [0.717, 1.165) is 11.1 Å². The number of halogens is 2. The van der Waals surface area contributed by atoms with Crippen LogP contribution < -0.4 is 14.8 Å². The highest BCUT2D eigenvalue weighted by molar-refractivity contribution is 5.78. The van der Waals surface area contributed by atoms with Crippen molar-refractivity contribution >= 4 is 5.91 Å². The van der Waals surface area contributed by atoms with Crippen LogP contribution in [0.25, 0.3) is 0 Å². The van der Waals surface area contributed by atoms with Gasteiger partial charge in [-0.05, 0) is 41.8 Å². The first-order valence-electron chi connectivity index (χ1n) is 9.44. The van der Waals surface area contributed by atoms with E-state index in [1.807, 2.05) is 11.9 Å². The number of methoxy groups -OCH3 is 1. The van der Waals surface area contributed by atoms with Gasteiger partial charge in [0.2, 0.25) is 5.91 Å². The molecule has 7 heteroatoms. The molecule has 0 saturated carbocycles. The first-order chi connectivity index (χ1) is 13.8. The van der Waals surface area contributed by atoms with Gasteiger partial charge in [-0.3, -0.25) is 9.69 Å². The Morgan fingerprint density at radius 3 is 2.31 bits per heavy atom. The molecule has 0 saturated heterocycles. The first kappa shape index (κ1) is 22.6. The molecule has 0 fully saturated rings. The summed E-state index contributed by atoms with van der Waals surface area (Å²) < 4.78 is 34.2. The maximum absolute atomic E-state index is 12.4. The lowest BCUT2D eigenvalue weighted by Crippen LogP contribution is -2.34. The molecule has 0 unspecified atom stereocenters. The van der Waals surface area contributed by atoms with Crippen molar-refractivity contribution in [2.45, 2.75) is 39.5 Å². The average molecular weight is 406 g/mol. The molecule has 2 aromatic rings. The second-order valence-corrected chi connectivity index (χ2v) is 7.21. The number of rotatable bonds is 10. The molecule has 0 bridgehead atoms. The SMILES string of the molecule is COc1cc(CNC(=O)CN(C)Cc2ccc(C(C)C)cc2)ccc1OC(F)F. The zero-order chi connectivity index (χ0) is 21.4. The highest BCUT2D eigenvalue weighted by Gasteiger charge is 2.12. The van der Waals surface area contributed by atoms with Gasteiger partial charge in [0.1, 0.15) is 0 Å². The molecule has 0 aliphatic rings. The molecular weight excluding hydrogens is 378 g/mol. The third-order valence-electron chi connectivity index (χ3n) is 4.45. The van der Waals surface area contributed by atoms with Crippen molar-refractivity contribution in [2.75, 3.05) is 20.7 Å². The molecule has 0 radical (unpaired) electrons. The number of carbonyl (C=O) groups is 1. The Kier molecular flexibility index (Phi) is 8.39. The topological polar surface area (TPSA) is 50.8 Å². The zero-order valence-electron chi connectivity index (χ0n) is 17.2. The fourth-order valence-electron chi connectivity index (χ4n) is 2.89. The minimum atomic E-state index is -2.92. The lowest BCUT2D eigenvalue weighted by Gasteiger charge is -2.17. The van der Waals surface area contributed by atoms with Gasteiger partial charge in [-0.1, -0.05) is 44.2 Å². The van der Waals surface area contributed by atoms with Crippen LogP contribution in [0.4, 0.5) is 8.78 Å². The standard InChI is InChI=1S/C22H28F2N2O3/c1-15(2)18-8-5-16(6-9-18)13-26(3)14-21(27)25-12-17-7-10-19(29-22(23)24)20(11-17)28-4/h5-11,15,22H,12-14H2,1-4H3,(H,25,27). The number of amides is 1. The number of hydrogen-bond donors (Lipinski definition) is 1. The number of hydrogen-bond acceptors (Lipinski definition) is 4. The monoisotopic (exact) mass is 406 g/mol. The van der Waals surface area contributed by atoms with Crippen molar-refractivity contribution in [3.05, 3.63) is 59.2 Å². The molecule has 1 amide bonds. The fraction of sp³-hybridized carbons (Fsp3) is 0.409. The summed E-state index contributed by atoms with van der Waals surface area (Å²) in [5, 5.41) is 2.83. The summed E-state index contributed by atoms with van der Waals surface area (Å²) in [6.07, 6.45) is 0. The smallest absolute Gasteiger partial charge is 0.387 e. The number of alkyl halides is 2. The van der Waals surface area contributed by atoms with Crippen LogP contribution in [0.2, 0.25) is 0 Å². The molecule has 158 valence electrons. The van der Waals surface area contributed by atoms with Gasteiger partial charge in [-0.25, -0.2) is 0 Å². The zero-order valence-corrected chi connectivity index (χ0v) is 17.2. The summed E-state index contributed by atoms with van der Waals surface area (Å²) in [5.74, 6) is 0.514. The third-order valence-corrected chi connectivity index (χ3v) is 4.45. The quantitative estimate of drug-likeness (QED) is 0.644. The third kappa shape index (κ3) is 7.34. The van der Waals surface area contributed by atoms with Gasteiger partial charge in [0, 0.05) is 13.1 Å². The van der Waals surface area contributed by atoms with Crippen LogP contribution in [-0.4, -0.2) is 38.1 Å². The van der Waals surface area contributed by atoms with E-state index in [-0.39, 0.29) is 30.5 Å². The molecule has 0 heterocycles. The molecular formula is C22H28F2N2O3. The Labute approximate surface area is 170 Å². The maximum atomic E-state index is 12.4. The van der Waals surface area contributed by atoms with Gasteiger partial charge < -0.3 is 14.8 Å². The van der Waals surface area contributed by atoms with E-state index in [9.17, 15) is 13.6 Å². The molecule has 0 spiro atoms. The Morgan fingerprint density at radius 2 is 1.72 bits per heavy atom. The van der Waals surface area contributed by atoms with Gasteiger partial charge in [0.05, 0.1) is 13.7 Å². The van der Waals surface area contributed by atoms with E-state index >= 15 is 0 Å². The number of ether oxygens (including phenoxy) is 2. The summed E-state index contributed by atoms with van der Waals surface area (Å²) in [6.45, 7) is 2.56. The van der Waals surface area contributed by atoms with Crippen molar-refractivity contribution in [1.82, 2.24) is 10.2 Å². The number of carbonyl (C=O) groups excluding carboxylic acids is 1. The minimum Gasteiger partial charge on any atom is -0.493 e. The molecule has 0 aliphatic heterocycles. The normalized spacial score (nSPS) is 11.2. The van der Waals surface area contributed by atoms with Crippen molar-refractivity contribution in [3.8, 4) is 11.5 Å². The molecule has 1 N–H and O–H groups in total. The summed E-state index contributed by atoms with van der Waals surface area (Å²) in [5.41, 5.74) is 3.15. The van der Waals surface area contributed by atoms with Crippen molar-refractivity contribution in [3.63, 3.8) is 0 Å². The molecule has 29 heavy (non-hydrogen) atoms. The molecule has 0 aromatic heterocycles. The van der Waals surface area contributed by atoms with E-state index in [1.54, 1.807) is 12.1 Å². The van der Waals surface area contributed by atoms with E-state index in [2.05, 4.69) is 48.2 Å². The Bertz CT molecular complexity index is 795. The molecule has 0 aliphatic carbocycles. The summed E-state index contributed by atoms with van der Waals surface area (Å²) >= 11 is 0. The van der Waals surface area contributed by atoms with Crippen molar-refractivity contribution in [2.24, 2.45) is 0 Å². The van der Waals surface area contributed by atoms with Gasteiger partial charge >= 0.3 is 6.61 Å². The lowest BCUT2D eigenvalue weighted by atomic mass is 10.0. The number of benzene rings is 2. The highest BCUT2D eigenvalue weighted by atomic mass is 19.3. The van der Waals surface area contributed by atoms with Crippen LogP contribution in [0.15, 0.2) is 42.5 Å². The minimum absolute atomic E-state index is 0.0409. The Morgan fingerprint density at radius 1 is 1.07 bits per heavy atom. The second-order valence-electron chi connectivity index (χ2n) is 7.21. The van der Waals surface area contributed by atoms with Gasteiger partial charge in [0.25, 0.3) is 0 Å². The predicted molar refractivity (Wildman–Crippen MR) is 108 cm³/mol. The van der Waals surface area contributed by atoms with Gasteiger partial charge in [-0.2, -0.15) is 8.78 Å². The fourth-order valence-corrected chi connectivity index (χ4v) is 2.89. The average Bonchev–Trinajstić information content (AvgIpc) is 2.67. The highest BCUT2D eigenvalue weighted by Crippen LogP contribution is 2.29. The van der Waals surface area contributed by atoms with E-state index in [4.69, 9.17) is 4.74 Å². The molecule has 0 atom stereocenters. The van der Waals surface area contributed by atoms with Crippen molar-refractivity contribution in [1.29, 1.82) is 0 Å². The van der Waals surface area contributed by atoms with Crippen LogP contribution in [-0.2, 0) is 17.9 Å². The van der Waals surface area contributed by atoms with Gasteiger partial charge in [0.15, 0.2) is 11.5 Å². The number of nitrogens with zero attached hydrogens (tertiary/aromatic N) is 1. The van der Waals surface area contributed by atoms with Crippen LogP contribution in [0.5, 0.6) is 11.5 Å². The first-order valence-corrected chi connectivity index (χ1v) is 9.44. The molecule has 2 aromatic carbocycles. The second kappa shape index (κ2) is 10.8. The van der Waals surface area contributed by atoms with Crippen LogP contribution >= 0.6 is 0 Å². The largest absolute Gasteiger partial charge is 0.493 e. The Hall–Kier alpha value is -2.67. The lowest BCUT2D eigenvalue weighted by molar-refractivity contribution is -0.122. The summed E-state index contributed by atoms with van der Waals surface area (Å²) in [6, 6.07) is 13.0. The summed E-state index contributed by atoms with van der Waals surface area (Å²) in [4.78, 5) is 14.1. The molecule has 5 nitrogen and oxygen atoms in total. The van der Waals surface area contributed by atoms with E-state index in [1.165, 1.54) is 18.7 Å². The number of nitrogens with one attached hydrogen (secondary N) is 1. The summed E-state index contributed by atoms with van der Waals surface area (Å²) in [7, 11) is 3.26. The van der Waals surface area contributed by atoms with Crippen LogP contribution in [0.3, 0.4) is 0 Å². The van der Waals surface area contributed by atoms with Crippen molar-refractivity contribution < 1.29 is 23.0 Å². The predicted octanol–water partition coefficient (Wildman–Crippen LogP) is 4.17. The number of likely N-dealkylation sites (N-methyl/N-ethyl adjacent to an activating group) is 1. The Balaban J connectivity index is 1.84. The van der Waals surface area contributed by atoms with Crippen LogP contribution in [0.1, 0.15) is 36.5 Å². The van der Waals surface area contributed by atoms with Crippen LogP contribution in [0, 0.1) is 0 Å². The maximum Gasteiger partial charge on any atom is 0.387 e. The van der Waals surface area contributed by atoms with E-state index in [0.29, 0.717) is 12.5 Å².